The van der Waals surface area contributed by atoms with Gasteiger partial charge in [0.15, 0.2) is 5.58 Å². The van der Waals surface area contributed by atoms with Gasteiger partial charge in [0.2, 0.25) is 5.89 Å². The van der Waals surface area contributed by atoms with E-state index in [1.165, 1.54) is 25.7 Å². The summed E-state index contributed by atoms with van der Waals surface area (Å²) in [5.41, 5.74) is 10.4. The van der Waals surface area contributed by atoms with Gasteiger partial charge in [0, 0.05) is 5.69 Å². The molecule has 4 nitrogen and oxygen atoms in total. The lowest BCUT2D eigenvalue weighted by molar-refractivity contribution is 0.0457. The molecule has 3 aromatic rings. The quantitative estimate of drug-likeness (QED) is 0.719. The van der Waals surface area contributed by atoms with Gasteiger partial charge < -0.3 is 14.9 Å². The van der Waals surface area contributed by atoms with Crippen molar-refractivity contribution in [3.63, 3.8) is 0 Å². The van der Waals surface area contributed by atoms with Crippen LogP contribution in [0.2, 0.25) is 0 Å². The van der Waals surface area contributed by atoms with E-state index in [2.05, 4.69) is 4.98 Å². The predicted molar refractivity (Wildman–Crippen MR) is 90.9 cm³/mol. The van der Waals surface area contributed by atoms with Crippen LogP contribution >= 0.6 is 0 Å². The number of benzene rings is 2. The molecular formula is C19H20N2O2. The molecule has 2 aromatic carbocycles. The molecule has 0 atom stereocenters. The first kappa shape index (κ1) is 14.3. The third-order valence-corrected chi connectivity index (χ3v) is 4.43. The Hall–Kier alpha value is -2.33. The topological polar surface area (TPSA) is 61.3 Å². The van der Waals surface area contributed by atoms with Gasteiger partial charge in [-0.15, -0.1) is 0 Å². The number of oxazole rings is 1. The van der Waals surface area contributed by atoms with Gasteiger partial charge in [0.25, 0.3) is 0 Å². The van der Waals surface area contributed by atoms with E-state index in [1.54, 1.807) is 0 Å². The number of hydrogen-bond acceptors (Lipinski definition) is 4. The summed E-state index contributed by atoms with van der Waals surface area (Å²) in [5.74, 6) is 0.562. The number of anilines is 1. The number of ether oxygens (including phenoxy) is 1. The molecular weight excluding hydrogens is 288 g/mol. The number of rotatable bonds is 4. The minimum absolute atomic E-state index is 0.410. The molecule has 1 aliphatic rings. The maximum absolute atomic E-state index is 6.20. The van der Waals surface area contributed by atoms with Gasteiger partial charge in [-0.25, -0.2) is 4.98 Å². The summed E-state index contributed by atoms with van der Waals surface area (Å²) in [7, 11) is 0. The molecule has 4 heteroatoms. The first-order chi connectivity index (χ1) is 11.3. The monoisotopic (exact) mass is 308 g/mol. The van der Waals surface area contributed by atoms with E-state index in [4.69, 9.17) is 14.9 Å². The Labute approximate surface area is 135 Å². The SMILES string of the molecule is Nc1cc(COC2CCCC2)ccc1-c1nc2ccccc2o1. The second-order valence-corrected chi connectivity index (χ2v) is 6.13. The van der Waals surface area contributed by atoms with Crippen LogP contribution in [0.15, 0.2) is 46.9 Å². The van der Waals surface area contributed by atoms with Gasteiger partial charge in [-0.1, -0.05) is 31.0 Å². The first-order valence-electron chi connectivity index (χ1n) is 8.15. The fourth-order valence-electron chi connectivity index (χ4n) is 3.15. The normalized spacial score (nSPS) is 15.5. The van der Waals surface area contributed by atoms with Crippen molar-refractivity contribution in [2.24, 2.45) is 0 Å². The van der Waals surface area contributed by atoms with Crippen LogP contribution < -0.4 is 5.73 Å². The molecule has 0 radical (unpaired) electrons. The van der Waals surface area contributed by atoms with Crippen LogP contribution in [-0.2, 0) is 11.3 Å². The fraction of sp³-hybridized carbons (Fsp3) is 0.316. The van der Waals surface area contributed by atoms with Crippen molar-refractivity contribution in [1.82, 2.24) is 4.98 Å². The minimum Gasteiger partial charge on any atom is -0.436 e. The summed E-state index contributed by atoms with van der Waals surface area (Å²) in [4.78, 5) is 4.50. The summed E-state index contributed by atoms with van der Waals surface area (Å²) in [6.07, 6.45) is 5.33. The molecule has 1 heterocycles. The smallest absolute Gasteiger partial charge is 0.229 e. The lowest BCUT2D eigenvalue weighted by atomic mass is 10.1. The molecule has 1 fully saturated rings. The number of fused-ring (bicyclic) bond motifs is 1. The molecule has 0 aliphatic heterocycles. The van der Waals surface area contributed by atoms with Crippen molar-refractivity contribution < 1.29 is 9.15 Å². The highest BCUT2D eigenvalue weighted by molar-refractivity contribution is 5.79. The van der Waals surface area contributed by atoms with Gasteiger partial charge >= 0.3 is 0 Å². The number of hydrogen-bond donors (Lipinski definition) is 1. The van der Waals surface area contributed by atoms with E-state index in [1.807, 2.05) is 42.5 Å². The van der Waals surface area contributed by atoms with Crippen molar-refractivity contribution in [2.45, 2.75) is 38.4 Å². The van der Waals surface area contributed by atoms with Crippen LogP contribution in [0.25, 0.3) is 22.6 Å². The zero-order valence-corrected chi connectivity index (χ0v) is 13.0. The highest BCUT2D eigenvalue weighted by atomic mass is 16.5. The maximum atomic E-state index is 6.20. The third kappa shape index (κ3) is 2.94. The summed E-state index contributed by atoms with van der Waals surface area (Å²) in [5, 5.41) is 0. The van der Waals surface area contributed by atoms with Gasteiger partial charge in [-0.3, -0.25) is 0 Å². The Bertz CT molecular complexity index is 786. The summed E-state index contributed by atoms with van der Waals surface area (Å²) < 4.78 is 11.7. The van der Waals surface area contributed by atoms with Crippen molar-refractivity contribution in [1.29, 1.82) is 0 Å². The van der Waals surface area contributed by atoms with E-state index < -0.39 is 0 Å². The Morgan fingerprint density at radius 3 is 2.74 bits per heavy atom. The molecule has 1 aromatic heterocycles. The molecule has 4 rings (SSSR count). The molecule has 0 bridgehead atoms. The average molecular weight is 308 g/mol. The molecule has 0 spiro atoms. The first-order valence-corrected chi connectivity index (χ1v) is 8.15. The third-order valence-electron chi connectivity index (χ3n) is 4.43. The van der Waals surface area contributed by atoms with Crippen LogP contribution in [0, 0.1) is 0 Å². The summed E-state index contributed by atoms with van der Waals surface area (Å²) in [6, 6.07) is 13.7. The molecule has 118 valence electrons. The largest absolute Gasteiger partial charge is 0.436 e. The number of para-hydroxylation sites is 2. The van der Waals surface area contributed by atoms with Gasteiger partial charge in [0.1, 0.15) is 5.52 Å². The fourth-order valence-corrected chi connectivity index (χ4v) is 3.15. The molecule has 0 saturated heterocycles. The molecule has 0 amide bonds. The van der Waals surface area contributed by atoms with Crippen LogP contribution in [0.5, 0.6) is 0 Å². The van der Waals surface area contributed by atoms with Crippen molar-refractivity contribution in [3.05, 3.63) is 48.0 Å². The second kappa shape index (κ2) is 6.05. The molecule has 2 N–H and O–H groups in total. The maximum Gasteiger partial charge on any atom is 0.229 e. The van der Waals surface area contributed by atoms with Gasteiger partial charge in [-0.2, -0.15) is 0 Å². The van der Waals surface area contributed by atoms with Crippen molar-refractivity contribution >= 4 is 16.8 Å². The standard InChI is InChI=1S/C19H20N2O2/c20-16-11-13(12-22-14-5-1-2-6-14)9-10-15(16)19-21-17-7-3-4-8-18(17)23-19/h3-4,7-11,14H,1-2,5-6,12,20H2. The van der Waals surface area contributed by atoms with E-state index in [9.17, 15) is 0 Å². The zero-order valence-electron chi connectivity index (χ0n) is 13.0. The molecule has 1 aliphatic carbocycles. The Balaban J connectivity index is 1.55. The predicted octanol–water partition coefficient (Wildman–Crippen LogP) is 4.54. The molecule has 1 saturated carbocycles. The molecule has 23 heavy (non-hydrogen) atoms. The van der Waals surface area contributed by atoms with Crippen LogP contribution in [0.1, 0.15) is 31.2 Å². The number of aromatic nitrogens is 1. The van der Waals surface area contributed by atoms with E-state index in [-0.39, 0.29) is 0 Å². The lowest BCUT2D eigenvalue weighted by Crippen LogP contribution is -2.07. The summed E-state index contributed by atoms with van der Waals surface area (Å²) in [6.45, 7) is 0.614. The highest BCUT2D eigenvalue weighted by Gasteiger charge is 2.16. The van der Waals surface area contributed by atoms with E-state index in [0.717, 1.165) is 22.2 Å². The second-order valence-electron chi connectivity index (χ2n) is 6.13. The molecule has 0 unspecified atom stereocenters. The van der Waals surface area contributed by atoms with E-state index >= 15 is 0 Å². The summed E-state index contributed by atoms with van der Waals surface area (Å²) >= 11 is 0. The van der Waals surface area contributed by atoms with E-state index in [0.29, 0.717) is 24.3 Å². The van der Waals surface area contributed by atoms with Gasteiger partial charge in [0.05, 0.1) is 18.3 Å². The Morgan fingerprint density at radius 1 is 1.13 bits per heavy atom. The average Bonchev–Trinajstić information content (AvgIpc) is 3.22. The zero-order chi connectivity index (χ0) is 15.6. The highest BCUT2D eigenvalue weighted by Crippen LogP contribution is 2.30. The van der Waals surface area contributed by atoms with Crippen LogP contribution in [0.4, 0.5) is 5.69 Å². The number of nitrogen functional groups attached to an aromatic ring is 1. The van der Waals surface area contributed by atoms with Crippen LogP contribution in [-0.4, -0.2) is 11.1 Å². The van der Waals surface area contributed by atoms with Crippen molar-refractivity contribution in [3.8, 4) is 11.5 Å². The Morgan fingerprint density at radius 2 is 1.96 bits per heavy atom. The Kier molecular flexibility index (Phi) is 3.75. The van der Waals surface area contributed by atoms with Gasteiger partial charge in [-0.05, 0) is 42.7 Å². The minimum atomic E-state index is 0.410. The number of nitrogens with two attached hydrogens (primary N) is 1. The van der Waals surface area contributed by atoms with Crippen LogP contribution in [0.3, 0.4) is 0 Å². The van der Waals surface area contributed by atoms with Crippen molar-refractivity contribution in [2.75, 3.05) is 5.73 Å². The lowest BCUT2D eigenvalue weighted by Gasteiger charge is -2.12. The number of nitrogens with zero attached hydrogens (tertiary/aromatic N) is 1.